The number of carbonyl (C=O) groups is 1. The maximum atomic E-state index is 11.7. The molecule has 0 aromatic carbocycles. The van der Waals surface area contributed by atoms with E-state index in [-0.39, 0.29) is 0 Å². The van der Waals surface area contributed by atoms with E-state index in [1.807, 2.05) is 0 Å². The molecule has 2 aromatic heterocycles. The van der Waals surface area contributed by atoms with E-state index in [4.69, 9.17) is 9.47 Å². The SMILES string of the molecule is CCOC(=O)c1cnn(-c2cc(OC)ncn2)c1C. The van der Waals surface area contributed by atoms with Crippen molar-refractivity contribution in [3.8, 4) is 11.7 Å². The van der Waals surface area contributed by atoms with Crippen LogP contribution in [0.1, 0.15) is 23.0 Å². The summed E-state index contributed by atoms with van der Waals surface area (Å²) in [6.07, 6.45) is 2.83. The molecule has 0 unspecified atom stereocenters. The first-order valence-electron chi connectivity index (χ1n) is 5.75. The maximum Gasteiger partial charge on any atom is 0.341 e. The zero-order chi connectivity index (χ0) is 13.8. The van der Waals surface area contributed by atoms with E-state index in [0.29, 0.717) is 29.6 Å². The van der Waals surface area contributed by atoms with Gasteiger partial charge in [-0.3, -0.25) is 0 Å². The molecule has 7 nitrogen and oxygen atoms in total. The zero-order valence-electron chi connectivity index (χ0n) is 11.0. The lowest BCUT2D eigenvalue weighted by Gasteiger charge is -2.05. The Morgan fingerprint density at radius 3 is 2.89 bits per heavy atom. The molecule has 2 rings (SSSR count). The minimum absolute atomic E-state index is 0.324. The molecule has 0 spiro atoms. The molecule has 0 aliphatic heterocycles. The van der Waals surface area contributed by atoms with Crippen molar-refractivity contribution in [2.75, 3.05) is 13.7 Å². The summed E-state index contributed by atoms with van der Waals surface area (Å²) in [5.41, 5.74) is 1.07. The normalized spacial score (nSPS) is 10.3. The van der Waals surface area contributed by atoms with Crippen molar-refractivity contribution < 1.29 is 14.3 Å². The molecule has 100 valence electrons. The van der Waals surface area contributed by atoms with Crippen LogP contribution >= 0.6 is 0 Å². The van der Waals surface area contributed by atoms with Crippen molar-refractivity contribution >= 4 is 5.97 Å². The average Bonchev–Trinajstić information content (AvgIpc) is 2.81. The number of ether oxygens (including phenoxy) is 2. The quantitative estimate of drug-likeness (QED) is 0.769. The molecule has 0 saturated heterocycles. The number of rotatable bonds is 4. The molecule has 2 heterocycles. The largest absolute Gasteiger partial charge is 0.481 e. The fourth-order valence-corrected chi connectivity index (χ4v) is 1.61. The first kappa shape index (κ1) is 13.0. The molecule has 0 amide bonds. The van der Waals surface area contributed by atoms with Crippen LogP contribution in [-0.2, 0) is 4.74 Å². The topological polar surface area (TPSA) is 79.1 Å². The van der Waals surface area contributed by atoms with Crippen molar-refractivity contribution in [1.82, 2.24) is 19.7 Å². The second-order valence-corrected chi connectivity index (χ2v) is 3.69. The molecule has 0 saturated carbocycles. The molecular formula is C12H14N4O3. The molecular weight excluding hydrogens is 248 g/mol. The summed E-state index contributed by atoms with van der Waals surface area (Å²) in [6.45, 7) is 3.85. The molecule has 0 aliphatic carbocycles. The Kier molecular flexibility index (Phi) is 3.74. The van der Waals surface area contributed by atoms with E-state index in [2.05, 4.69) is 15.1 Å². The van der Waals surface area contributed by atoms with Crippen molar-refractivity contribution in [1.29, 1.82) is 0 Å². The summed E-state index contributed by atoms with van der Waals surface area (Å²) in [5.74, 6) is 0.560. The Hall–Kier alpha value is -2.44. The number of nitrogens with zero attached hydrogens (tertiary/aromatic N) is 4. The van der Waals surface area contributed by atoms with E-state index < -0.39 is 5.97 Å². The predicted molar refractivity (Wildman–Crippen MR) is 66.4 cm³/mol. The van der Waals surface area contributed by atoms with Gasteiger partial charge < -0.3 is 9.47 Å². The van der Waals surface area contributed by atoms with Gasteiger partial charge in [0, 0.05) is 6.07 Å². The second-order valence-electron chi connectivity index (χ2n) is 3.69. The first-order valence-corrected chi connectivity index (χ1v) is 5.75. The fourth-order valence-electron chi connectivity index (χ4n) is 1.61. The third-order valence-electron chi connectivity index (χ3n) is 2.56. The van der Waals surface area contributed by atoms with Crippen molar-refractivity contribution in [3.05, 3.63) is 29.8 Å². The first-order chi connectivity index (χ1) is 9.17. The van der Waals surface area contributed by atoms with Crippen LogP contribution in [0.3, 0.4) is 0 Å². The van der Waals surface area contributed by atoms with Gasteiger partial charge in [-0.2, -0.15) is 5.10 Å². The van der Waals surface area contributed by atoms with E-state index >= 15 is 0 Å². The maximum absolute atomic E-state index is 11.7. The van der Waals surface area contributed by atoms with Gasteiger partial charge in [0.15, 0.2) is 5.82 Å². The van der Waals surface area contributed by atoms with Crippen LogP contribution in [0.25, 0.3) is 5.82 Å². The summed E-state index contributed by atoms with van der Waals surface area (Å²) >= 11 is 0. The minimum atomic E-state index is -0.396. The van der Waals surface area contributed by atoms with Crippen LogP contribution < -0.4 is 4.74 Å². The summed E-state index contributed by atoms with van der Waals surface area (Å²) in [6, 6.07) is 1.63. The fraction of sp³-hybridized carbons (Fsp3) is 0.333. The van der Waals surface area contributed by atoms with E-state index in [9.17, 15) is 4.79 Å². The highest BCUT2D eigenvalue weighted by atomic mass is 16.5. The monoisotopic (exact) mass is 262 g/mol. The third kappa shape index (κ3) is 2.54. The molecule has 19 heavy (non-hydrogen) atoms. The molecule has 0 fully saturated rings. The number of carbonyl (C=O) groups excluding carboxylic acids is 1. The summed E-state index contributed by atoms with van der Waals surface area (Å²) in [4.78, 5) is 19.7. The molecule has 0 bridgehead atoms. The smallest absolute Gasteiger partial charge is 0.341 e. The second kappa shape index (κ2) is 5.47. The highest BCUT2D eigenvalue weighted by Gasteiger charge is 2.16. The van der Waals surface area contributed by atoms with Gasteiger partial charge in [0.1, 0.15) is 11.9 Å². The zero-order valence-corrected chi connectivity index (χ0v) is 11.0. The molecule has 0 atom stereocenters. The number of esters is 1. The van der Waals surface area contributed by atoms with Crippen molar-refractivity contribution in [2.45, 2.75) is 13.8 Å². The number of aromatic nitrogens is 4. The molecule has 0 radical (unpaired) electrons. The van der Waals surface area contributed by atoms with Crippen LogP contribution in [0.2, 0.25) is 0 Å². The van der Waals surface area contributed by atoms with Crippen LogP contribution in [0.5, 0.6) is 5.88 Å². The minimum Gasteiger partial charge on any atom is -0.481 e. The summed E-state index contributed by atoms with van der Waals surface area (Å²) in [7, 11) is 1.52. The number of hydrogen-bond donors (Lipinski definition) is 0. The highest BCUT2D eigenvalue weighted by Crippen LogP contribution is 2.15. The Balaban J connectivity index is 2.38. The highest BCUT2D eigenvalue weighted by molar-refractivity contribution is 5.90. The van der Waals surface area contributed by atoms with Gasteiger partial charge in [-0.15, -0.1) is 0 Å². The van der Waals surface area contributed by atoms with Crippen LogP contribution in [-0.4, -0.2) is 39.4 Å². The van der Waals surface area contributed by atoms with Crippen molar-refractivity contribution in [2.24, 2.45) is 0 Å². The van der Waals surface area contributed by atoms with Crippen LogP contribution in [0.4, 0.5) is 0 Å². The van der Waals surface area contributed by atoms with Gasteiger partial charge in [0.25, 0.3) is 0 Å². The molecule has 0 aliphatic rings. The van der Waals surface area contributed by atoms with E-state index in [0.717, 1.165) is 0 Å². The lowest BCUT2D eigenvalue weighted by atomic mass is 10.2. The molecule has 7 heteroatoms. The van der Waals surface area contributed by atoms with Gasteiger partial charge in [0.05, 0.1) is 25.6 Å². The van der Waals surface area contributed by atoms with Crippen LogP contribution in [0, 0.1) is 6.92 Å². The lowest BCUT2D eigenvalue weighted by molar-refractivity contribution is 0.0525. The number of methoxy groups -OCH3 is 1. The Morgan fingerprint density at radius 2 is 2.21 bits per heavy atom. The van der Waals surface area contributed by atoms with E-state index in [1.54, 1.807) is 19.9 Å². The van der Waals surface area contributed by atoms with Crippen molar-refractivity contribution in [3.63, 3.8) is 0 Å². The Bertz CT molecular complexity index is 594. The van der Waals surface area contributed by atoms with E-state index in [1.165, 1.54) is 24.3 Å². The van der Waals surface area contributed by atoms with Gasteiger partial charge in [-0.05, 0) is 13.8 Å². The third-order valence-corrected chi connectivity index (χ3v) is 2.56. The van der Waals surface area contributed by atoms with Gasteiger partial charge in [0.2, 0.25) is 5.88 Å². The molecule has 2 aromatic rings. The number of hydrogen-bond acceptors (Lipinski definition) is 6. The predicted octanol–water partition coefficient (Wildman–Crippen LogP) is 1.16. The Morgan fingerprint density at radius 1 is 1.42 bits per heavy atom. The lowest BCUT2D eigenvalue weighted by Crippen LogP contribution is -2.08. The van der Waals surface area contributed by atoms with Gasteiger partial charge in [-0.1, -0.05) is 0 Å². The Labute approximate surface area is 110 Å². The van der Waals surface area contributed by atoms with Crippen LogP contribution in [0.15, 0.2) is 18.6 Å². The summed E-state index contributed by atoms with van der Waals surface area (Å²) < 4.78 is 11.5. The van der Waals surface area contributed by atoms with Gasteiger partial charge >= 0.3 is 5.97 Å². The molecule has 0 N–H and O–H groups in total. The summed E-state index contributed by atoms with van der Waals surface area (Å²) in [5, 5.41) is 4.13. The standard InChI is InChI=1S/C12H14N4O3/c1-4-19-12(17)9-6-15-16(8(9)2)10-5-11(18-3)14-7-13-10/h5-7H,4H2,1-3H3. The van der Waals surface area contributed by atoms with Gasteiger partial charge in [-0.25, -0.2) is 19.4 Å². The average molecular weight is 262 g/mol.